The maximum Gasteiger partial charge on any atom is 0.243 e. The molecule has 102 valence electrons. The molecule has 0 saturated heterocycles. The first kappa shape index (κ1) is 12.7. The summed E-state index contributed by atoms with van der Waals surface area (Å²) >= 11 is 0. The fourth-order valence-electron chi connectivity index (χ4n) is 2.18. The van der Waals surface area contributed by atoms with Crippen LogP contribution in [0.25, 0.3) is 10.8 Å². The number of phenols is 1. The van der Waals surface area contributed by atoms with Gasteiger partial charge in [-0.05, 0) is 31.2 Å². The van der Waals surface area contributed by atoms with Crippen molar-refractivity contribution < 1.29 is 9.90 Å². The lowest BCUT2D eigenvalue weighted by Crippen LogP contribution is -2.20. The fourth-order valence-corrected chi connectivity index (χ4v) is 2.18. The molecular formula is C16H16N2O2. The van der Waals surface area contributed by atoms with E-state index in [1.165, 1.54) is 0 Å². The number of nitrogens with one attached hydrogen (secondary N) is 1. The van der Waals surface area contributed by atoms with Gasteiger partial charge in [0, 0.05) is 16.9 Å². The number of amides is 1. The zero-order chi connectivity index (χ0) is 14.1. The molecule has 0 atom stereocenters. The van der Waals surface area contributed by atoms with Crippen molar-refractivity contribution in [2.45, 2.75) is 19.8 Å². The van der Waals surface area contributed by atoms with Gasteiger partial charge in [-0.1, -0.05) is 30.3 Å². The van der Waals surface area contributed by atoms with Gasteiger partial charge in [-0.2, -0.15) is 5.10 Å². The van der Waals surface area contributed by atoms with Crippen molar-refractivity contribution in [3.8, 4) is 5.75 Å². The first-order valence-electron chi connectivity index (χ1n) is 6.72. The molecular weight excluding hydrogens is 252 g/mol. The van der Waals surface area contributed by atoms with Crippen molar-refractivity contribution in [3.63, 3.8) is 0 Å². The Morgan fingerprint density at radius 3 is 2.75 bits per heavy atom. The van der Waals surface area contributed by atoms with Crippen LogP contribution in [0.15, 0.2) is 41.5 Å². The van der Waals surface area contributed by atoms with Crippen LogP contribution < -0.4 is 5.43 Å². The number of aromatic hydroxyl groups is 1. The summed E-state index contributed by atoms with van der Waals surface area (Å²) in [7, 11) is 0. The Morgan fingerprint density at radius 2 is 2.00 bits per heavy atom. The maximum atomic E-state index is 11.6. The highest BCUT2D eigenvalue weighted by molar-refractivity contribution is 6.06. The van der Waals surface area contributed by atoms with Gasteiger partial charge in [-0.3, -0.25) is 4.79 Å². The summed E-state index contributed by atoms with van der Waals surface area (Å²) in [6.07, 6.45) is 1.89. The molecule has 0 heterocycles. The number of benzene rings is 2. The second-order valence-corrected chi connectivity index (χ2v) is 5.13. The highest BCUT2D eigenvalue weighted by atomic mass is 16.3. The monoisotopic (exact) mass is 268 g/mol. The Bertz CT molecular complexity index is 703. The van der Waals surface area contributed by atoms with Crippen LogP contribution in [0.1, 0.15) is 25.3 Å². The van der Waals surface area contributed by atoms with E-state index in [2.05, 4.69) is 10.5 Å². The van der Waals surface area contributed by atoms with Crippen LogP contribution in [0.2, 0.25) is 0 Å². The molecule has 2 aromatic carbocycles. The highest BCUT2D eigenvalue weighted by Gasteiger charge is 2.29. The van der Waals surface area contributed by atoms with Crippen LogP contribution in [0.5, 0.6) is 5.75 Å². The third-order valence-electron chi connectivity index (χ3n) is 3.57. The van der Waals surface area contributed by atoms with E-state index >= 15 is 0 Å². The summed E-state index contributed by atoms with van der Waals surface area (Å²) in [5, 5.41) is 16.2. The molecule has 3 rings (SSSR count). The largest absolute Gasteiger partial charge is 0.507 e. The van der Waals surface area contributed by atoms with Crippen LogP contribution in [0, 0.1) is 5.92 Å². The first-order chi connectivity index (χ1) is 9.66. The van der Waals surface area contributed by atoms with Gasteiger partial charge in [0.05, 0.1) is 5.71 Å². The first-order valence-corrected chi connectivity index (χ1v) is 6.72. The van der Waals surface area contributed by atoms with E-state index in [0.29, 0.717) is 11.3 Å². The molecule has 1 aliphatic rings. The minimum absolute atomic E-state index is 0.0374. The average Bonchev–Trinajstić information content (AvgIpc) is 3.30. The van der Waals surface area contributed by atoms with Gasteiger partial charge in [-0.25, -0.2) is 5.43 Å². The molecule has 4 nitrogen and oxygen atoms in total. The Labute approximate surface area is 117 Å². The zero-order valence-electron chi connectivity index (χ0n) is 11.3. The highest BCUT2D eigenvalue weighted by Crippen LogP contribution is 2.30. The van der Waals surface area contributed by atoms with Crippen molar-refractivity contribution >= 4 is 22.4 Å². The number of hydrazone groups is 1. The van der Waals surface area contributed by atoms with E-state index in [-0.39, 0.29) is 17.6 Å². The van der Waals surface area contributed by atoms with Crippen LogP contribution in [-0.2, 0) is 4.79 Å². The number of hydrogen-bond donors (Lipinski definition) is 2. The van der Waals surface area contributed by atoms with Crippen molar-refractivity contribution in [2.24, 2.45) is 11.0 Å². The number of nitrogens with zero attached hydrogens (tertiary/aromatic N) is 1. The van der Waals surface area contributed by atoms with Crippen LogP contribution >= 0.6 is 0 Å². The minimum Gasteiger partial charge on any atom is -0.507 e. The van der Waals surface area contributed by atoms with E-state index in [0.717, 1.165) is 23.6 Å². The van der Waals surface area contributed by atoms with Crippen LogP contribution in [-0.4, -0.2) is 16.7 Å². The molecule has 0 unspecified atom stereocenters. The molecule has 4 heteroatoms. The summed E-state index contributed by atoms with van der Waals surface area (Å²) in [5.74, 6) is 0.284. The number of fused-ring (bicyclic) bond motifs is 1. The smallest absolute Gasteiger partial charge is 0.243 e. The lowest BCUT2D eigenvalue weighted by atomic mass is 10.0. The van der Waals surface area contributed by atoms with Gasteiger partial charge in [0.15, 0.2) is 0 Å². The van der Waals surface area contributed by atoms with E-state index < -0.39 is 0 Å². The Morgan fingerprint density at radius 1 is 1.25 bits per heavy atom. The normalized spacial score (nSPS) is 15.3. The number of rotatable bonds is 3. The standard InChI is InChI=1S/C16H16N2O2/c1-10(17-18-16(20)12-6-7-12)13-9-8-11-4-2-3-5-14(11)15(13)19/h2-5,8-9,12,19H,6-7H2,1H3,(H,18,20)/b17-10-. The van der Waals surface area contributed by atoms with Crippen LogP contribution in [0.4, 0.5) is 0 Å². The van der Waals surface area contributed by atoms with Gasteiger partial charge >= 0.3 is 0 Å². The van der Waals surface area contributed by atoms with Gasteiger partial charge in [0.2, 0.25) is 5.91 Å². The zero-order valence-corrected chi connectivity index (χ0v) is 11.3. The maximum absolute atomic E-state index is 11.6. The van der Waals surface area contributed by atoms with Gasteiger partial charge in [0.1, 0.15) is 5.75 Å². The van der Waals surface area contributed by atoms with Crippen molar-refractivity contribution in [1.82, 2.24) is 5.43 Å². The SMILES string of the molecule is C/C(=N/NC(=O)C1CC1)c1ccc2ccccc2c1O. The number of carbonyl (C=O) groups is 1. The molecule has 2 N–H and O–H groups in total. The molecule has 0 radical (unpaired) electrons. The van der Waals surface area contributed by atoms with Gasteiger partial charge in [0.25, 0.3) is 0 Å². The molecule has 0 spiro atoms. The Hall–Kier alpha value is -2.36. The molecule has 20 heavy (non-hydrogen) atoms. The topological polar surface area (TPSA) is 61.7 Å². The van der Waals surface area contributed by atoms with Crippen LogP contribution in [0.3, 0.4) is 0 Å². The summed E-state index contributed by atoms with van der Waals surface area (Å²) in [5.41, 5.74) is 3.79. The lowest BCUT2D eigenvalue weighted by molar-refractivity contribution is -0.122. The van der Waals surface area contributed by atoms with Gasteiger partial charge < -0.3 is 5.11 Å². The minimum atomic E-state index is -0.0374. The third kappa shape index (κ3) is 2.37. The van der Waals surface area contributed by atoms with Crippen molar-refractivity contribution in [2.75, 3.05) is 0 Å². The van der Waals surface area contributed by atoms with E-state index in [1.54, 1.807) is 6.92 Å². The molecule has 0 bridgehead atoms. The third-order valence-corrected chi connectivity index (χ3v) is 3.57. The van der Waals surface area contributed by atoms with E-state index in [9.17, 15) is 9.90 Å². The number of hydrogen-bond acceptors (Lipinski definition) is 3. The molecule has 1 fully saturated rings. The number of carbonyl (C=O) groups excluding carboxylic acids is 1. The Kier molecular flexibility index (Phi) is 3.14. The molecule has 1 aliphatic carbocycles. The molecule has 2 aromatic rings. The summed E-state index contributed by atoms with van der Waals surface area (Å²) in [4.78, 5) is 11.6. The summed E-state index contributed by atoms with van der Waals surface area (Å²) in [6, 6.07) is 11.4. The number of phenolic OH excluding ortho intramolecular Hbond substituents is 1. The van der Waals surface area contributed by atoms with E-state index in [1.807, 2.05) is 36.4 Å². The molecule has 1 saturated carbocycles. The van der Waals surface area contributed by atoms with Gasteiger partial charge in [-0.15, -0.1) is 0 Å². The van der Waals surface area contributed by atoms with E-state index in [4.69, 9.17) is 0 Å². The quantitative estimate of drug-likeness (QED) is 0.664. The predicted octanol–water partition coefficient (Wildman–Crippen LogP) is 2.80. The fraction of sp³-hybridized carbons (Fsp3) is 0.250. The molecule has 1 amide bonds. The molecule has 0 aromatic heterocycles. The summed E-state index contributed by atoms with van der Waals surface area (Å²) < 4.78 is 0. The second kappa shape index (κ2) is 4.96. The predicted molar refractivity (Wildman–Crippen MR) is 78.7 cm³/mol. The summed E-state index contributed by atoms with van der Waals surface area (Å²) in [6.45, 7) is 1.77. The van der Waals surface area contributed by atoms with Crippen molar-refractivity contribution in [3.05, 3.63) is 42.0 Å². The molecule has 0 aliphatic heterocycles. The lowest BCUT2D eigenvalue weighted by Gasteiger charge is -2.08. The average molecular weight is 268 g/mol. The van der Waals surface area contributed by atoms with Crippen molar-refractivity contribution in [1.29, 1.82) is 0 Å². The second-order valence-electron chi connectivity index (χ2n) is 5.13. The Balaban J connectivity index is 1.90.